The lowest BCUT2D eigenvalue weighted by Crippen LogP contribution is -2.26. The van der Waals surface area contributed by atoms with E-state index in [2.05, 4.69) is 27.2 Å². The average molecular weight is 270 g/mol. The van der Waals surface area contributed by atoms with Crippen LogP contribution in [0.1, 0.15) is 28.3 Å². The van der Waals surface area contributed by atoms with E-state index in [0.29, 0.717) is 12.3 Å². The Morgan fingerprint density at radius 3 is 2.95 bits per heavy atom. The van der Waals surface area contributed by atoms with E-state index in [4.69, 9.17) is 4.74 Å². The fraction of sp³-hybridized carbons (Fsp3) is 0.400. The molecule has 1 aliphatic rings. The van der Waals surface area contributed by atoms with Crippen LogP contribution in [-0.2, 0) is 19.4 Å². The van der Waals surface area contributed by atoms with Crippen molar-refractivity contribution < 1.29 is 4.74 Å². The van der Waals surface area contributed by atoms with Crippen molar-refractivity contribution in [3.63, 3.8) is 0 Å². The van der Waals surface area contributed by atoms with E-state index < -0.39 is 0 Å². The van der Waals surface area contributed by atoms with Crippen LogP contribution in [0.25, 0.3) is 0 Å². The maximum absolute atomic E-state index is 5.06. The van der Waals surface area contributed by atoms with Crippen molar-refractivity contribution in [1.82, 2.24) is 20.3 Å². The van der Waals surface area contributed by atoms with Crippen LogP contribution < -0.4 is 10.1 Å². The van der Waals surface area contributed by atoms with Crippen molar-refractivity contribution in [3.05, 3.63) is 46.7 Å². The minimum Gasteiger partial charge on any atom is -0.481 e. The number of ether oxygens (including phenoxy) is 1. The predicted octanol–water partition coefficient (Wildman–Crippen LogP) is 1.43. The summed E-state index contributed by atoms with van der Waals surface area (Å²) in [7, 11) is 1.62. The van der Waals surface area contributed by atoms with E-state index in [1.807, 2.05) is 18.3 Å². The summed E-state index contributed by atoms with van der Waals surface area (Å²) in [6, 6.07) is 3.87. The average Bonchev–Trinajstić information content (AvgIpc) is 2.48. The third kappa shape index (κ3) is 2.63. The van der Waals surface area contributed by atoms with Crippen LogP contribution in [0.15, 0.2) is 18.3 Å². The van der Waals surface area contributed by atoms with Crippen LogP contribution in [0.2, 0.25) is 0 Å². The standard InChI is InChI=1S/C15H18N4O/c1-10-12-5-6-16-9-13(12)19-14(18-10)7-11-3-4-15(20-2)17-8-11/h3-4,8,16H,5-7,9H2,1-2H3. The second kappa shape index (κ2) is 5.54. The number of aryl methyl sites for hydroxylation is 1. The van der Waals surface area contributed by atoms with Crippen molar-refractivity contribution in [2.45, 2.75) is 26.3 Å². The number of aromatic nitrogens is 3. The zero-order valence-corrected chi connectivity index (χ0v) is 11.8. The number of hydrogen-bond acceptors (Lipinski definition) is 5. The molecule has 2 aromatic heterocycles. The van der Waals surface area contributed by atoms with Gasteiger partial charge < -0.3 is 10.1 Å². The highest BCUT2D eigenvalue weighted by Crippen LogP contribution is 2.17. The van der Waals surface area contributed by atoms with Crippen LogP contribution in [-0.4, -0.2) is 28.6 Å². The predicted molar refractivity (Wildman–Crippen MR) is 75.8 cm³/mol. The maximum atomic E-state index is 5.06. The molecule has 2 aromatic rings. The lowest BCUT2D eigenvalue weighted by molar-refractivity contribution is 0.397. The summed E-state index contributed by atoms with van der Waals surface area (Å²) in [5, 5.41) is 3.36. The molecule has 104 valence electrons. The summed E-state index contributed by atoms with van der Waals surface area (Å²) < 4.78 is 5.06. The van der Waals surface area contributed by atoms with Crippen molar-refractivity contribution in [3.8, 4) is 5.88 Å². The van der Waals surface area contributed by atoms with Gasteiger partial charge in [0.2, 0.25) is 5.88 Å². The topological polar surface area (TPSA) is 59.9 Å². The third-order valence-corrected chi connectivity index (χ3v) is 3.56. The highest BCUT2D eigenvalue weighted by Gasteiger charge is 2.15. The molecule has 0 atom stereocenters. The molecule has 0 fully saturated rings. The Morgan fingerprint density at radius 1 is 1.30 bits per heavy atom. The molecule has 0 aliphatic carbocycles. The first-order chi connectivity index (χ1) is 9.76. The summed E-state index contributed by atoms with van der Waals surface area (Å²) in [4.78, 5) is 13.5. The number of pyridine rings is 1. The lowest BCUT2D eigenvalue weighted by Gasteiger charge is -2.18. The van der Waals surface area contributed by atoms with Gasteiger partial charge in [0.15, 0.2) is 0 Å². The van der Waals surface area contributed by atoms with Gasteiger partial charge in [-0.05, 0) is 31.0 Å². The van der Waals surface area contributed by atoms with Crippen LogP contribution in [0.4, 0.5) is 0 Å². The Labute approximate surface area is 118 Å². The number of methoxy groups -OCH3 is 1. The summed E-state index contributed by atoms with van der Waals surface area (Å²) in [5.74, 6) is 1.48. The molecule has 0 unspecified atom stereocenters. The van der Waals surface area contributed by atoms with Crippen molar-refractivity contribution in [1.29, 1.82) is 0 Å². The fourth-order valence-electron chi connectivity index (χ4n) is 2.51. The Morgan fingerprint density at radius 2 is 2.20 bits per heavy atom. The van der Waals surface area contributed by atoms with E-state index in [1.165, 1.54) is 5.56 Å². The number of nitrogens with zero attached hydrogens (tertiary/aromatic N) is 3. The van der Waals surface area contributed by atoms with Gasteiger partial charge in [-0.3, -0.25) is 0 Å². The molecule has 0 saturated carbocycles. The summed E-state index contributed by atoms with van der Waals surface area (Å²) in [5.41, 5.74) is 4.64. The van der Waals surface area contributed by atoms with Crippen molar-refractivity contribution >= 4 is 0 Å². The highest BCUT2D eigenvalue weighted by molar-refractivity contribution is 5.29. The molecule has 0 bridgehead atoms. The van der Waals surface area contributed by atoms with Crippen LogP contribution in [0.5, 0.6) is 5.88 Å². The van der Waals surface area contributed by atoms with Gasteiger partial charge in [0.05, 0.1) is 12.8 Å². The maximum Gasteiger partial charge on any atom is 0.212 e. The van der Waals surface area contributed by atoms with Gasteiger partial charge in [0, 0.05) is 30.9 Å². The van der Waals surface area contributed by atoms with Crippen molar-refractivity contribution in [2.75, 3.05) is 13.7 Å². The molecule has 0 radical (unpaired) electrons. The molecular weight excluding hydrogens is 252 g/mol. The molecular formula is C15H18N4O. The molecule has 1 N–H and O–H groups in total. The monoisotopic (exact) mass is 270 g/mol. The summed E-state index contributed by atoms with van der Waals surface area (Å²) >= 11 is 0. The second-order valence-corrected chi connectivity index (χ2v) is 4.96. The first-order valence-electron chi connectivity index (χ1n) is 6.81. The quantitative estimate of drug-likeness (QED) is 0.914. The van der Waals surface area contributed by atoms with Gasteiger partial charge >= 0.3 is 0 Å². The van der Waals surface area contributed by atoms with E-state index in [1.54, 1.807) is 7.11 Å². The number of fused-ring (bicyclic) bond motifs is 1. The molecule has 0 aromatic carbocycles. The molecule has 0 amide bonds. The molecule has 5 heteroatoms. The van der Waals surface area contributed by atoms with E-state index in [9.17, 15) is 0 Å². The molecule has 3 rings (SSSR count). The Bertz CT molecular complexity index is 610. The summed E-state index contributed by atoms with van der Waals surface area (Å²) in [6.45, 7) is 3.92. The van der Waals surface area contributed by atoms with Crippen LogP contribution in [0.3, 0.4) is 0 Å². The van der Waals surface area contributed by atoms with Crippen LogP contribution in [0, 0.1) is 6.92 Å². The smallest absolute Gasteiger partial charge is 0.212 e. The van der Waals surface area contributed by atoms with Gasteiger partial charge in [-0.25, -0.2) is 15.0 Å². The highest BCUT2D eigenvalue weighted by atomic mass is 16.5. The first kappa shape index (κ1) is 13.0. The molecule has 0 spiro atoms. The Kier molecular flexibility index (Phi) is 3.60. The summed E-state index contributed by atoms with van der Waals surface area (Å²) in [6.07, 6.45) is 3.53. The first-order valence-corrected chi connectivity index (χ1v) is 6.81. The minimum absolute atomic E-state index is 0.625. The molecule has 0 saturated heterocycles. The zero-order valence-electron chi connectivity index (χ0n) is 11.8. The Hall–Kier alpha value is -2.01. The lowest BCUT2D eigenvalue weighted by atomic mass is 10.0. The zero-order chi connectivity index (χ0) is 13.9. The number of rotatable bonds is 3. The second-order valence-electron chi connectivity index (χ2n) is 4.96. The van der Waals surface area contributed by atoms with Gasteiger partial charge in [0.1, 0.15) is 5.82 Å². The van der Waals surface area contributed by atoms with E-state index in [-0.39, 0.29) is 0 Å². The van der Waals surface area contributed by atoms with Gasteiger partial charge in [-0.2, -0.15) is 0 Å². The van der Waals surface area contributed by atoms with Crippen LogP contribution >= 0.6 is 0 Å². The number of hydrogen-bond donors (Lipinski definition) is 1. The number of nitrogens with one attached hydrogen (secondary N) is 1. The van der Waals surface area contributed by atoms with Gasteiger partial charge in [-0.1, -0.05) is 6.07 Å². The van der Waals surface area contributed by atoms with E-state index >= 15 is 0 Å². The molecule has 1 aliphatic heterocycles. The fourth-order valence-corrected chi connectivity index (χ4v) is 2.51. The third-order valence-electron chi connectivity index (χ3n) is 3.56. The molecule has 5 nitrogen and oxygen atoms in total. The van der Waals surface area contributed by atoms with E-state index in [0.717, 1.165) is 42.3 Å². The Balaban J connectivity index is 1.85. The SMILES string of the molecule is COc1ccc(Cc2nc(C)c3c(n2)CNCC3)cn1. The minimum atomic E-state index is 0.625. The van der Waals surface area contributed by atoms with Crippen molar-refractivity contribution in [2.24, 2.45) is 0 Å². The normalized spacial score (nSPS) is 13.9. The van der Waals surface area contributed by atoms with Gasteiger partial charge in [0.25, 0.3) is 0 Å². The van der Waals surface area contributed by atoms with Gasteiger partial charge in [-0.15, -0.1) is 0 Å². The molecule has 3 heterocycles. The largest absolute Gasteiger partial charge is 0.481 e. The molecule has 20 heavy (non-hydrogen) atoms.